The Morgan fingerprint density at radius 2 is 2.10 bits per heavy atom. The van der Waals surface area contributed by atoms with Crippen LogP contribution in [0.4, 0.5) is 0 Å². The summed E-state index contributed by atoms with van der Waals surface area (Å²) in [5.74, 6) is 0.490. The number of carbonyl (C=O) groups excluding carboxylic acids is 1. The molecular weight excluding hydrogens is 264 g/mol. The molecule has 1 aromatic heterocycles. The molecule has 1 aromatic carbocycles. The van der Waals surface area contributed by atoms with Gasteiger partial charge in [0.1, 0.15) is 5.58 Å². The number of fused-ring (bicyclic) bond motifs is 1. The van der Waals surface area contributed by atoms with Gasteiger partial charge in [-0.15, -0.1) is 0 Å². The lowest BCUT2D eigenvalue weighted by Gasteiger charge is -2.38. The number of benzene rings is 1. The lowest BCUT2D eigenvalue weighted by atomic mass is 10.1. The number of furan rings is 1. The van der Waals surface area contributed by atoms with Gasteiger partial charge in [-0.3, -0.25) is 4.79 Å². The number of aryl methyl sites for hydroxylation is 2. The Hall–Kier alpha value is -1.81. The summed E-state index contributed by atoms with van der Waals surface area (Å²) >= 11 is 0. The Bertz CT molecular complexity index is 689. The minimum atomic E-state index is 0.00366. The molecule has 112 valence electrons. The van der Waals surface area contributed by atoms with Crippen molar-refractivity contribution in [3.05, 3.63) is 35.1 Å². The summed E-state index contributed by atoms with van der Waals surface area (Å²) in [6.07, 6.45) is 0. The highest BCUT2D eigenvalue weighted by Crippen LogP contribution is 2.29. The predicted molar refractivity (Wildman–Crippen MR) is 83.7 cm³/mol. The maximum absolute atomic E-state index is 12.9. The first-order chi connectivity index (χ1) is 10.0. The summed E-state index contributed by atoms with van der Waals surface area (Å²) < 4.78 is 5.92. The van der Waals surface area contributed by atoms with Crippen LogP contribution in [0.2, 0.25) is 0 Å². The molecule has 1 saturated heterocycles. The van der Waals surface area contributed by atoms with Gasteiger partial charge < -0.3 is 14.6 Å². The predicted octanol–water partition coefficient (Wildman–Crippen LogP) is 2.87. The van der Waals surface area contributed by atoms with Gasteiger partial charge in [0.05, 0.1) is 0 Å². The SMILES string of the molecule is Cc1c(C(=O)N2CCNC(C)C2C)oc2c(C)cccc12. The highest BCUT2D eigenvalue weighted by atomic mass is 16.3. The molecule has 2 heterocycles. The van der Waals surface area contributed by atoms with E-state index in [0.29, 0.717) is 11.8 Å². The average molecular weight is 286 g/mol. The van der Waals surface area contributed by atoms with E-state index in [0.717, 1.165) is 35.2 Å². The zero-order valence-electron chi connectivity index (χ0n) is 13.1. The van der Waals surface area contributed by atoms with E-state index in [1.54, 1.807) is 0 Å². The smallest absolute Gasteiger partial charge is 0.290 e. The van der Waals surface area contributed by atoms with E-state index in [1.165, 1.54) is 0 Å². The molecule has 1 amide bonds. The molecule has 1 aliphatic rings. The third-order valence-corrected chi connectivity index (χ3v) is 4.65. The topological polar surface area (TPSA) is 45.5 Å². The van der Waals surface area contributed by atoms with Crippen molar-refractivity contribution in [2.24, 2.45) is 0 Å². The van der Waals surface area contributed by atoms with Gasteiger partial charge in [0.2, 0.25) is 0 Å². The molecule has 3 rings (SSSR count). The van der Waals surface area contributed by atoms with Gasteiger partial charge in [0, 0.05) is 36.1 Å². The Labute approximate surface area is 125 Å². The van der Waals surface area contributed by atoms with E-state index in [-0.39, 0.29) is 11.9 Å². The number of carbonyl (C=O) groups is 1. The van der Waals surface area contributed by atoms with Crippen LogP contribution in [0, 0.1) is 13.8 Å². The van der Waals surface area contributed by atoms with Crippen molar-refractivity contribution in [1.82, 2.24) is 10.2 Å². The van der Waals surface area contributed by atoms with Crippen LogP contribution < -0.4 is 5.32 Å². The zero-order chi connectivity index (χ0) is 15.1. The molecular formula is C17H22N2O2. The van der Waals surface area contributed by atoms with E-state index in [2.05, 4.69) is 19.2 Å². The molecule has 4 nitrogen and oxygen atoms in total. The van der Waals surface area contributed by atoms with Crippen molar-refractivity contribution in [1.29, 1.82) is 0 Å². The van der Waals surface area contributed by atoms with Gasteiger partial charge in [0.15, 0.2) is 5.76 Å². The molecule has 21 heavy (non-hydrogen) atoms. The van der Waals surface area contributed by atoms with Crippen LogP contribution in [0.3, 0.4) is 0 Å². The number of nitrogens with one attached hydrogen (secondary N) is 1. The van der Waals surface area contributed by atoms with Crippen LogP contribution in [0.1, 0.15) is 35.5 Å². The fourth-order valence-corrected chi connectivity index (χ4v) is 3.06. The monoisotopic (exact) mass is 286 g/mol. The first-order valence-electron chi connectivity index (χ1n) is 7.53. The standard InChI is InChI=1S/C17H22N2O2/c1-10-6-5-7-14-11(2)16(21-15(10)14)17(20)19-9-8-18-12(3)13(19)4/h5-7,12-13,18H,8-9H2,1-4H3. The molecule has 1 aliphatic heterocycles. The molecule has 1 N–H and O–H groups in total. The molecule has 0 saturated carbocycles. The van der Waals surface area contributed by atoms with Crippen LogP contribution in [-0.2, 0) is 0 Å². The number of piperazine rings is 1. The quantitative estimate of drug-likeness (QED) is 0.876. The van der Waals surface area contributed by atoms with E-state index in [9.17, 15) is 4.79 Å². The first-order valence-corrected chi connectivity index (χ1v) is 7.53. The van der Waals surface area contributed by atoms with E-state index in [1.807, 2.05) is 36.9 Å². The number of hydrogen-bond donors (Lipinski definition) is 1. The molecule has 2 aromatic rings. The van der Waals surface area contributed by atoms with Gasteiger partial charge in [-0.05, 0) is 33.3 Å². The van der Waals surface area contributed by atoms with Crippen LogP contribution >= 0.6 is 0 Å². The van der Waals surface area contributed by atoms with Gasteiger partial charge in [-0.25, -0.2) is 0 Å². The van der Waals surface area contributed by atoms with Crippen LogP contribution in [-0.4, -0.2) is 36.0 Å². The van der Waals surface area contributed by atoms with Crippen molar-refractivity contribution < 1.29 is 9.21 Å². The molecule has 0 aliphatic carbocycles. The summed E-state index contributed by atoms with van der Waals surface area (Å²) in [4.78, 5) is 14.8. The summed E-state index contributed by atoms with van der Waals surface area (Å²) in [6, 6.07) is 6.50. The van der Waals surface area contributed by atoms with E-state index < -0.39 is 0 Å². The fourth-order valence-electron chi connectivity index (χ4n) is 3.06. The Kier molecular flexibility index (Phi) is 3.49. The average Bonchev–Trinajstić information content (AvgIpc) is 2.80. The Morgan fingerprint density at radius 3 is 2.81 bits per heavy atom. The first kappa shape index (κ1) is 14.1. The maximum Gasteiger partial charge on any atom is 0.290 e. The lowest BCUT2D eigenvalue weighted by Crippen LogP contribution is -2.57. The highest BCUT2D eigenvalue weighted by molar-refractivity contribution is 5.99. The summed E-state index contributed by atoms with van der Waals surface area (Å²) in [6.45, 7) is 9.72. The molecule has 0 spiro atoms. The van der Waals surface area contributed by atoms with Gasteiger partial charge in [-0.2, -0.15) is 0 Å². The third-order valence-electron chi connectivity index (χ3n) is 4.65. The van der Waals surface area contributed by atoms with Crippen LogP contribution in [0.15, 0.2) is 22.6 Å². The minimum Gasteiger partial charge on any atom is -0.450 e. The maximum atomic E-state index is 12.9. The zero-order valence-corrected chi connectivity index (χ0v) is 13.1. The number of hydrogen-bond acceptors (Lipinski definition) is 3. The Morgan fingerprint density at radius 1 is 1.33 bits per heavy atom. The van der Waals surface area contributed by atoms with Crippen molar-refractivity contribution in [3.8, 4) is 0 Å². The van der Waals surface area contributed by atoms with Crippen molar-refractivity contribution in [2.75, 3.05) is 13.1 Å². The molecule has 2 unspecified atom stereocenters. The lowest BCUT2D eigenvalue weighted by molar-refractivity contribution is 0.0572. The summed E-state index contributed by atoms with van der Waals surface area (Å²) in [5, 5.41) is 4.43. The molecule has 0 bridgehead atoms. The fraction of sp³-hybridized carbons (Fsp3) is 0.471. The minimum absolute atomic E-state index is 0.00366. The molecule has 1 fully saturated rings. The van der Waals surface area contributed by atoms with E-state index in [4.69, 9.17) is 4.42 Å². The second-order valence-corrected chi connectivity index (χ2v) is 5.99. The van der Waals surface area contributed by atoms with Gasteiger partial charge in [0.25, 0.3) is 5.91 Å². The summed E-state index contributed by atoms with van der Waals surface area (Å²) in [7, 11) is 0. The van der Waals surface area contributed by atoms with Gasteiger partial charge in [-0.1, -0.05) is 18.2 Å². The number of amides is 1. The largest absolute Gasteiger partial charge is 0.450 e. The van der Waals surface area contributed by atoms with Crippen LogP contribution in [0.5, 0.6) is 0 Å². The highest BCUT2D eigenvalue weighted by Gasteiger charge is 2.31. The number of rotatable bonds is 1. The van der Waals surface area contributed by atoms with Crippen molar-refractivity contribution in [2.45, 2.75) is 39.8 Å². The second kappa shape index (κ2) is 5.19. The van der Waals surface area contributed by atoms with Crippen molar-refractivity contribution >= 4 is 16.9 Å². The van der Waals surface area contributed by atoms with E-state index >= 15 is 0 Å². The van der Waals surface area contributed by atoms with Gasteiger partial charge >= 0.3 is 0 Å². The molecule has 2 atom stereocenters. The van der Waals surface area contributed by atoms with Crippen LogP contribution in [0.25, 0.3) is 11.0 Å². The number of para-hydroxylation sites is 1. The second-order valence-electron chi connectivity index (χ2n) is 5.99. The van der Waals surface area contributed by atoms with Crippen molar-refractivity contribution in [3.63, 3.8) is 0 Å². The third kappa shape index (κ3) is 2.23. The normalized spacial score (nSPS) is 22.8. The Balaban J connectivity index is 2.02. The molecule has 4 heteroatoms. The number of nitrogens with zero attached hydrogens (tertiary/aromatic N) is 1. The molecule has 0 radical (unpaired) electrons. The summed E-state index contributed by atoms with van der Waals surface area (Å²) in [5.41, 5.74) is 2.84.